The van der Waals surface area contributed by atoms with Crippen molar-refractivity contribution in [2.75, 3.05) is 5.75 Å². The number of halogens is 4. The van der Waals surface area contributed by atoms with Crippen molar-refractivity contribution < 1.29 is 13.2 Å². The summed E-state index contributed by atoms with van der Waals surface area (Å²) >= 11 is 7.05. The molecule has 0 fully saturated rings. The highest BCUT2D eigenvalue weighted by Gasteiger charge is 2.32. The van der Waals surface area contributed by atoms with Crippen LogP contribution in [0.5, 0.6) is 0 Å². The lowest BCUT2D eigenvalue weighted by atomic mass is 10.3. The van der Waals surface area contributed by atoms with Crippen molar-refractivity contribution in [2.45, 2.75) is 18.3 Å². The molecule has 0 aromatic carbocycles. The van der Waals surface area contributed by atoms with Gasteiger partial charge in [-0.25, -0.2) is 0 Å². The van der Waals surface area contributed by atoms with Crippen molar-refractivity contribution in [1.82, 2.24) is 14.6 Å². The molecule has 0 N–H and O–H groups in total. The number of nitrogens with zero attached hydrogens (tertiary/aromatic N) is 3. The van der Waals surface area contributed by atoms with Gasteiger partial charge in [-0.3, -0.25) is 4.40 Å². The zero-order valence-electron chi connectivity index (χ0n) is 9.83. The van der Waals surface area contributed by atoms with E-state index < -0.39 is 11.7 Å². The lowest BCUT2D eigenvalue weighted by Crippen LogP contribution is -2.07. The molecule has 2 rings (SSSR count). The van der Waals surface area contributed by atoms with Crippen LogP contribution in [0.25, 0.3) is 5.65 Å². The molecular weight excluding hydrogens is 299 g/mol. The first kappa shape index (κ1) is 14.2. The van der Waals surface area contributed by atoms with Crippen LogP contribution in [0.1, 0.15) is 12.5 Å². The Morgan fingerprint density at radius 3 is 2.74 bits per heavy atom. The van der Waals surface area contributed by atoms with E-state index in [9.17, 15) is 13.2 Å². The Morgan fingerprint density at radius 1 is 1.47 bits per heavy atom. The van der Waals surface area contributed by atoms with Gasteiger partial charge in [-0.15, -0.1) is 10.2 Å². The summed E-state index contributed by atoms with van der Waals surface area (Å²) < 4.78 is 39.4. The Morgan fingerprint density at radius 2 is 2.16 bits per heavy atom. The summed E-state index contributed by atoms with van der Waals surface area (Å²) in [5.41, 5.74) is 0.265. The van der Waals surface area contributed by atoms with Crippen LogP contribution >= 0.6 is 23.4 Å². The van der Waals surface area contributed by atoms with Crippen LogP contribution in [0.15, 0.2) is 29.6 Å². The molecule has 0 saturated heterocycles. The molecule has 0 aliphatic rings. The van der Waals surface area contributed by atoms with Gasteiger partial charge in [-0.05, 0) is 13.0 Å². The Balaban J connectivity index is 2.50. The number of fused-ring (bicyclic) bond motifs is 1. The van der Waals surface area contributed by atoms with Crippen LogP contribution in [0.4, 0.5) is 13.2 Å². The van der Waals surface area contributed by atoms with E-state index in [-0.39, 0.29) is 10.7 Å². The summed E-state index contributed by atoms with van der Waals surface area (Å²) in [6.45, 7) is 5.55. The van der Waals surface area contributed by atoms with Gasteiger partial charge in [-0.1, -0.05) is 35.5 Å². The van der Waals surface area contributed by atoms with E-state index in [1.165, 1.54) is 16.2 Å². The maximum absolute atomic E-state index is 12.7. The SMILES string of the molecule is C=C(C)CSc1nnc2c(Cl)cc(C(F)(F)F)cn12. The molecule has 8 heteroatoms. The quantitative estimate of drug-likeness (QED) is 0.632. The topological polar surface area (TPSA) is 30.2 Å². The monoisotopic (exact) mass is 307 g/mol. The van der Waals surface area contributed by atoms with Crippen LogP contribution in [-0.2, 0) is 6.18 Å². The third-order valence-electron chi connectivity index (χ3n) is 2.20. The van der Waals surface area contributed by atoms with E-state index in [4.69, 9.17) is 11.6 Å². The van der Waals surface area contributed by atoms with E-state index in [0.29, 0.717) is 10.9 Å². The maximum Gasteiger partial charge on any atom is 0.417 e. The minimum Gasteiger partial charge on any atom is -0.276 e. The molecule has 0 amide bonds. The number of hydrogen-bond acceptors (Lipinski definition) is 3. The smallest absolute Gasteiger partial charge is 0.276 e. The second-order valence-electron chi connectivity index (χ2n) is 4.00. The largest absolute Gasteiger partial charge is 0.417 e. The Hall–Kier alpha value is -1.21. The maximum atomic E-state index is 12.7. The molecule has 3 nitrogen and oxygen atoms in total. The van der Waals surface area contributed by atoms with Crippen LogP contribution < -0.4 is 0 Å². The summed E-state index contributed by atoms with van der Waals surface area (Å²) in [7, 11) is 0. The lowest BCUT2D eigenvalue weighted by molar-refractivity contribution is -0.137. The highest BCUT2D eigenvalue weighted by atomic mass is 35.5. The summed E-state index contributed by atoms with van der Waals surface area (Å²) in [5, 5.41) is 7.89. The van der Waals surface area contributed by atoms with Crippen molar-refractivity contribution >= 4 is 29.0 Å². The van der Waals surface area contributed by atoms with E-state index in [1.807, 2.05) is 6.92 Å². The molecule has 0 unspecified atom stereocenters. The first-order valence-electron chi connectivity index (χ1n) is 5.17. The molecule has 0 atom stereocenters. The predicted octanol–water partition coefficient (Wildman–Crippen LogP) is 4.07. The third-order valence-corrected chi connectivity index (χ3v) is 3.66. The predicted molar refractivity (Wildman–Crippen MR) is 68.5 cm³/mol. The lowest BCUT2D eigenvalue weighted by Gasteiger charge is -2.08. The molecule has 0 spiro atoms. The second kappa shape index (κ2) is 5.05. The van der Waals surface area contributed by atoms with Crippen molar-refractivity contribution in [3.8, 4) is 0 Å². The van der Waals surface area contributed by atoms with Crippen LogP contribution in [0.3, 0.4) is 0 Å². The molecule has 0 radical (unpaired) electrons. The average molecular weight is 308 g/mol. The number of alkyl halides is 3. The normalized spacial score (nSPS) is 12.1. The molecule has 0 aliphatic heterocycles. The molecule has 0 saturated carbocycles. The zero-order chi connectivity index (χ0) is 14.2. The van der Waals surface area contributed by atoms with Gasteiger partial charge in [-0.2, -0.15) is 13.2 Å². The Labute approximate surface area is 116 Å². The minimum absolute atomic E-state index is 0.0792. The summed E-state index contributed by atoms with van der Waals surface area (Å²) in [5.74, 6) is 0.550. The summed E-state index contributed by atoms with van der Waals surface area (Å²) in [4.78, 5) is 0. The molecule has 0 aliphatic carbocycles. The molecule has 0 bridgehead atoms. The molecular formula is C11H9ClF3N3S. The van der Waals surface area contributed by atoms with Gasteiger partial charge in [0.2, 0.25) is 0 Å². The van der Waals surface area contributed by atoms with Crippen LogP contribution in [0, 0.1) is 0 Å². The summed E-state index contributed by atoms with van der Waals surface area (Å²) in [6, 6.07) is 0.846. The first-order valence-corrected chi connectivity index (χ1v) is 6.54. The summed E-state index contributed by atoms with van der Waals surface area (Å²) in [6.07, 6.45) is -3.51. The Bertz CT molecular complexity index is 636. The first-order chi connectivity index (χ1) is 8.79. The third kappa shape index (κ3) is 3.03. The van der Waals surface area contributed by atoms with Crippen LogP contribution in [-0.4, -0.2) is 20.4 Å². The molecule has 19 heavy (non-hydrogen) atoms. The number of hydrogen-bond donors (Lipinski definition) is 0. The van der Waals surface area contributed by atoms with Crippen molar-refractivity contribution in [3.05, 3.63) is 35.0 Å². The van der Waals surface area contributed by atoms with Gasteiger partial charge in [0.1, 0.15) is 0 Å². The van der Waals surface area contributed by atoms with Gasteiger partial charge in [0.15, 0.2) is 10.8 Å². The molecule has 102 valence electrons. The number of thioether (sulfide) groups is 1. The van der Waals surface area contributed by atoms with E-state index in [0.717, 1.165) is 17.8 Å². The highest BCUT2D eigenvalue weighted by Crippen LogP contribution is 2.33. The van der Waals surface area contributed by atoms with Gasteiger partial charge in [0.25, 0.3) is 0 Å². The van der Waals surface area contributed by atoms with E-state index >= 15 is 0 Å². The fourth-order valence-corrected chi connectivity index (χ4v) is 2.37. The number of pyridine rings is 1. The second-order valence-corrected chi connectivity index (χ2v) is 5.35. The molecule has 2 aromatic heterocycles. The van der Waals surface area contributed by atoms with Crippen molar-refractivity contribution in [1.29, 1.82) is 0 Å². The van der Waals surface area contributed by atoms with Crippen molar-refractivity contribution in [2.24, 2.45) is 0 Å². The van der Waals surface area contributed by atoms with Crippen LogP contribution in [0.2, 0.25) is 5.02 Å². The molecule has 2 heterocycles. The van der Waals surface area contributed by atoms with E-state index in [1.54, 1.807) is 0 Å². The van der Waals surface area contributed by atoms with Gasteiger partial charge < -0.3 is 0 Å². The molecule has 2 aromatic rings. The number of aromatic nitrogens is 3. The fourth-order valence-electron chi connectivity index (χ4n) is 1.37. The van der Waals surface area contributed by atoms with Gasteiger partial charge in [0.05, 0.1) is 10.6 Å². The van der Waals surface area contributed by atoms with Crippen molar-refractivity contribution in [3.63, 3.8) is 0 Å². The standard InChI is InChI=1S/C11H9ClF3N3S/c1-6(2)5-19-10-17-16-9-8(12)3-7(4-18(9)10)11(13,14)15/h3-4H,1,5H2,2H3. The van der Waals surface area contributed by atoms with Gasteiger partial charge in [0, 0.05) is 11.9 Å². The van der Waals surface area contributed by atoms with Gasteiger partial charge >= 0.3 is 6.18 Å². The highest BCUT2D eigenvalue weighted by molar-refractivity contribution is 7.99. The minimum atomic E-state index is -4.46. The average Bonchev–Trinajstić information content (AvgIpc) is 2.68. The zero-order valence-corrected chi connectivity index (χ0v) is 11.4. The van der Waals surface area contributed by atoms with E-state index in [2.05, 4.69) is 16.8 Å². The number of rotatable bonds is 3. The Kier molecular flexibility index (Phi) is 3.78. The fraction of sp³-hybridized carbons (Fsp3) is 0.273.